The molecule has 6 heteroatoms. The summed E-state index contributed by atoms with van der Waals surface area (Å²) in [6, 6.07) is 26.1. The van der Waals surface area contributed by atoms with E-state index in [2.05, 4.69) is 55.8 Å². The molecule has 1 aliphatic heterocycles. The summed E-state index contributed by atoms with van der Waals surface area (Å²) in [4.78, 5) is 15.4. The first-order chi connectivity index (χ1) is 17.3. The lowest BCUT2D eigenvalue weighted by molar-refractivity contribution is -0.113. The first kappa shape index (κ1) is 24.3. The number of nitrogens with zero attached hydrogens (tertiary/aromatic N) is 2. The third-order valence-electron chi connectivity index (χ3n) is 6.24. The summed E-state index contributed by atoms with van der Waals surface area (Å²) >= 11 is 6.87. The highest BCUT2D eigenvalue weighted by Crippen LogP contribution is 2.37. The molecule has 0 atom stereocenters. The molecule has 1 fully saturated rings. The van der Waals surface area contributed by atoms with Crippen LogP contribution in [-0.2, 0) is 16.8 Å². The third-order valence-corrected chi connectivity index (χ3v) is 7.54. The number of hydrogen-bond donors (Lipinski definition) is 0. The second-order valence-corrected chi connectivity index (χ2v) is 11.4. The Morgan fingerprint density at radius 2 is 1.64 bits per heavy atom. The van der Waals surface area contributed by atoms with E-state index in [1.165, 1.54) is 17.3 Å². The molecule has 3 aromatic carbocycles. The molecule has 1 saturated heterocycles. The number of anilines is 1. The molecule has 0 saturated carbocycles. The number of thiocarbonyl (C=S) groups is 1. The van der Waals surface area contributed by atoms with Gasteiger partial charge in [0, 0.05) is 22.7 Å². The Labute approximate surface area is 221 Å². The molecule has 4 aromatic rings. The van der Waals surface area contributed by atoms with Gasteiger partial charge < -0.3 is 9.30 Å². The van der Waals surface area contributed by atoms with Crippen molar-refractivity contribution in [3.8, 4) is 5.75 Å². The SMILES string of the molecule is CC(C)(C)c1ccc(OCCn2cc(C=C3SC(=S)N(c4ccccc4)C3=O)c3ccccc32)cc1. The topological polar surface area (TPSA) is 34.5 Å². The summed E-state index contributed by atoms with van der Waals surface area (Å²) in [6.07, 6.45) is 4.04. The van der Waals surface area contributed by atoms with Gasteiger partial charge in [-0.05, 0) is 47.4 Å². The fraction of sp³-hybridized carbons (Fsp3) is 0.200. The van der Waals surface area contributed by atoms with Crippen LogP contribution in [0, 0.1) is 0 Å². The van der Waals surface area contributed by atoms with E-state index in [1.807, 2.05) is 60.7 Å². The molecule has 1 aliphatic rings. The third kappa shape index (κ3) is 4.97. The molecule has 1 aromatic heterocycles. The number of hydrogen-bond acceptors (Lipinski definition) is 4. The molecule has 0 radical (unpaired) electrons. The van der Waals surface area contributed by atoms with Crippen LogP contribution in [-0.4, -0.2) is 21.4 Å². The molecule has 1 amide bonds. The molecule has 2 heterocycles. The Bertz CT molecular complexity index is 1450. The van der Waals surface area contributed by atoms with E-state index in [-0.39, 0.29) is 11.3 Å². The van der Waals surface area contributed by atoms with Crippen molar-refractivity contribution in [2.24, 2.45) is 0 Å². The lowest BCUT2D eigenvalue weighted by atomic mass is 9.87. The van der Waals surface area contributed by atoms with E-state index in [4.69, 9.17) is 17.0 Å². The maximum Gasteiger partial charge on any atom is 0.270 e. The maximum absolute atomic E-state index is 13.2. The predicted molar refractivity (Wildman–Crippen MR) is 155 cm³/mol. The number of para-hydroxylation sites is 2. The largest absolute Gasteiger partial charge is 0.492 e. The van der Waals surface area contributed by atoms with Gasteiger partial charge in [0.2, 0.25) is 0 Å². The van der Waals surface area contributed by atoms with Crippen LogP contribution in [0.4, 0.5) is 5.69 Å². The van der Waals surface area contributed by atoms with Crippen molar-refractivity contribution in [2.75, 3.05) is 11.5 Å². The van der Waals surface area contributed by atoms with Crippen LogP contribution in [0.5, 0.6) is 5.75 Å². The van der Waals surface area contributed by atoms with Gasteiger partial charge in [0.15, 0.2) is 4.32 Å². The van der Waals surface area contributed by atoms with Gasteiger partial charge in [-0.1, -0.05) is 93.3 Å². The normalized spacial score (nSPS) is 15.3. The minimum Gasteiger partial charge on any atom is -0.492 e. The van der Waals surface area contributed by atoms with Gasteiger partial charge in [0.1, 0.15) is 12.4 Å². The number of carbonyl (C=O) groups is 1. The number of benzene rings is 3. The van der Waals surface area contributed by atoms with Crippen LogP contribution in [0.25, 0.3) is 17.0 Å². The molecule has 5 rings (SSSR count). The Morgan fingerprint density at radius 3 is 2.36 bits per heavy atom. The lowest BCUT2D eigenvalue weighted by Gasteiger charge is -2.19. The molecule has 0 spiro atoms. The van der Waals surface area contributed by atoms with Gasteiger partial charge >= 0.3 is 0 Å². The fourth-order valence-electron chi connectivity index (χ4n) is 4.30. The number of carbonyl (C=O) groups excluding carboxylic acids is 1. The Balaban J connectivity index is 1.35. The Morgan fingerprint density at radius 1 is 0.944 bits per heavy atom. The molecule has 36 heavy (non-hydrogen) atoms. The van der Waals surface area contributed by atoms with E-state index in [0.717, 1.165) is 27.9 Å². The Kier molecular flexibility index (Phi) is 6.73. The zero-order chi connectivity index (χ0) is 25.3. The summed E-state index contributed by atoms with van der Waals surface area (Å²) in [5.41, 5.74) is 4.30. The van der Waals surface area contributed by atoms with E-state index in [9.17, 15) is 4.79 Å². The number of rotatable bonds is 6. The average Bonchev–Trinajstić information content (AvgIpc) is 3.35. The van der Waals surface area contributed by atoms with Gasteiger partial charge in [0.25, 0.3) is 5.91 Å². The highest BCUT2D eigenvalue weighted by molar-refractivity contribution is 8.27. The second-order valence-electron chi connectivity index (χ2n) is 9.77. The number of amides is 1. The van der Waals surface area contributed by atoms with Gasteiger partial charge in [-0.25, -0.2) is 0 Å². The van der Waals surface area contributed by atoms with Gasteiger partial charge in [-0.3, -0.25) is 9.69 Å². The van der Waals surface area contributed by atoms with Crippen LogP contribution in [0.1, 0.15) is 31.9 Å². The van der Waals surface area contributed by atoms with Crippen LogP contribution < -0.4 is 9.64 Å². The molecule has 0 bridgehead atoms. The molecule has 182 valence electrons. The molecule has 0 aliphatic carbocycles. The number of ether oxygens (including phenoxy) is 1. The fourth-order valence-corrected chi connectivity index (χ4v) is 5.59. The zero-order valence-electron chi connectivity index (χ0n) is 20.6. The highest BCUT2D eigenvalue weighted by atomic mass is 32.2. The maximum atomic E-state index is 13.2. The van der Waals surface area contributed by atoms with Gasteiger partial charge in [-0.15, -0.1) is 0 Å². The Hall–Kier alpha value is -3.35. The van der Waals surface area contributed by atoms with Crippen molar-refractivity contribution in [2.45, 2.75) is 32.7 Å². The first-order valence-corrected chi connectivity index (χ1v) is 13.2. The van der Waals surface area contributed by atoms with Crippen molar-refractivity contribution in [3.63, 3.8) is 0 Å². The highest BCUT2D eigenvalue weighted by Gasteiger charge is 2.33. The quantitative estimate of drug-likeness (QED) is 0.199. The van der Waals surface area contributed by atoms with Crippen LogP contribution in [0.15, 0.2) is 90.0 Å². The van der Waals surface area contributed by atoms with Crippen molar-refractivity contribution in [1.29, 1.82) is 0 Å². The second kappa shape index (κ2) is 9.96. The first-order valence-electron chi connectivity index (χ1n) is 12.0. The number of thioether (sulfide) groups is 1. The van der Waals surface area contributed by atoms with Gasteiger partial charge in [0.05, 0.1) is 17.1 Å². The van der Waals surface area contributed by atoms with E-state index in [1.54, 1.807) is 4.90 Å². The van der Waals surface area contributed by atoms with E-state index < -0.39 is 0 Å². The van der Waals surface area contributed by atoms with Crippen molar-refractivity contribution in [3.05, 3.63) is 101 Å². The van der Waals surface area contributed by atoms with Crippen molar-refractivity contribution in [1.82, 2.24) is 4.57 Å². The minimum atomic E-state index is -0.0879. The molecule has 0 N–H and O–H groups in total. The van der Waals surface area contributed by atoms with Gasteiger partial charge in [-0.2, -0.15) is 0 Å². The minimum absolute atomic E-state index is 0.0879. The average molecular weight is 513 g/mol. The molecule has 4 nitrogen and oxygen atoms in total. The summed E-state index contributed by atoms with van der Waals surface area (Å²) in [6.45, 7) is 7.86. The molecular weight excluding hydrogens is 484 g/mol. The zero-order valence-corrected chi connectivity index (χ0v) is 22.2. The molecular formula is C30H28N2O2S2. The van der Waals surface area contributed by atoms with Crippen LogP contribution in [0.2, 0.25) is 0 Å². The standard InChI is InChI=1S/C30H28N2O2S2/c1-30(2,3)22-13-15-24(16-14-22)34-18-17-31-20-21(25-11-7-8-12-26(25)31)19-27-28(33)32(29(35)36-27)23-9-5-4-6-10-23/h4-16,19-20H,17-18H2,1-3H3. The summed E-state index contributed by atoms with van der Waals surface area (Å²) in [5.74, 6) is 0.777. The number of fused-ring (bicyclic) bond motifs is 1. The van der Waals surface area contributed by atoms with Crippen molar-refractivity contribution < 1.29 is 9.53 Å². The smallest absolute Gasteiger partial charge is 0.270 e. The van der Waals surface area contributed by atoms with Crippen LogP contribution in [0.3, 0.4) is 0 Å². The number of aromatic nitrogens is 1. The monoisotopic (exact) mass is 512 g/mol. The van der Waals surface area contributed by atoms with Crippen LogP contribution >= 0.6 is 24.0 Å². The van der Waals surface area contributed by atoms with E-state index >= 15 is 0 Å². The summed E-state index contributed by atoms with van der Waals surface area (Å²) < 4.78 is 8.78. The lowest BCUT2D eigenvalue weighted by Crippen LogP contribution is -2.27. The molecule has 0 unspecified atom stereocenters. The van der Waals surface area contributed by atoms with Crippen molar-refractivity contribution >= 4 is 56.9 Å². The predicted octanol–water partition coefficient (Wildman–Crippen LogP) is 7.42. The van der Waals surface area contributed by atoms with E-state index in [0.29, 0.717) is 22.4 Å². The summed E-state index contributed by atoms with van der Waals surface area (Å²) in [5, 5.41) is 1.09. The summed E-state index contributed by atoms with van der Waals surface area (Å²) in [7, 11) is 0.